The molecule has 1 amide bonds. The highest BCUT2D eigenvalue weighted by molar-refractivity contribution is 14.0. The monoisotopic (exact) mass is 502 g/mol. The molecule has 1 aromatic rings. The fraction of sp³-hybridized carbons (Fsp3) is 0.500. The first kappa shape index (κ1) is 23.4. The first-order valence-corrected chi connectivity index (χ1v) is 7.95. The Morgan fingerprint density at radius 2 is 2.11 bits per heavy atom. The highest BCUT2D eigenvalue weighted by Crippen LogP contribution is 2.19. The van der Waals surface area contributed by atoms with E-state index >= 15 is 0 Å². The maximum atomic E-state index is 13.6. The molecule has 0 aliphatic carbocycles. The predicted octanol–water partition coefficient (Wildman–Crippen LogP) is 1.58. The maximum absolute atomic E-state index is 13.6. The molecule has 27 heavy (non-hydrogen) atoms. The summed E-state index contributed by atoms with van der Waals surface area (Å²) in [5.74, 6) is -4.56. The smallest absolute Gasteiger partial charge is 0.243 e. The van der Waals surface area contributed by atoms with E-state index in [1.54, 1.807) is 14.2 Å². The number of rotatable bonds is 5. The molecule has 0 saturated carbocycles. The number of nitrogens with zero attached hydrogens (tertiary/aromatic N) is 2. The van der Waals surface area contributed by atoms with Crippen LogP contribution in [0, 0.1) is 17.5 Å². The van der Waals surface area contributed by atoms with Crippen LogP contribution in [0.3, 0.4) is 0 Å². The molecule has 11 heteroatoms. The number of nitrogens with one attached hydrogen (secondary N) is 2. The van der Waals surface area contributed by atoms with Gasteiger partial charge in [-0.1, -0.05) is 0 Å². The van der Waals surface area contributed by atoms with Gasteiger partial charge in [-0.15, -0.1) is 24.0 Å². The van der Waals surface area contributed by atoms with Crippen molar-refractivity contribution in [3.8, 4) is 0 Å². The van der Waals surface area contributed by atoms with Crippen LogP contribution in [0.1, 0.15) is 0 Å². The third-order valence-electron chi connectivity index (χ3n) is 3.72. The summed E-state index contributed by atoms with van der Waals surface area (Å²) in [6.07, 6.45) is -0.114. The van der Waals surface area contributed by atoms with Crippen molar-refractivity contribution in [3.63, 3.8) is 0 Å². The average molecular weight is 502 g/mol. The topological polar surface area (TPSA) is 75.2 Å². The van der Waals surface area contributed by atoms with Crippen LogP contribution in [0.2, 0.25) is 0 Å². The van der Waals surface area contributed by atoms with Crippen molar-refractivity contribution in [3.05, 3.63) is 29.6 Å². The molecule has 2 N–H and O–H groups in total. The van der Waals surface area contributed by atoms with Crippen molar-refractivity contribution < 1.29 is 27.4 Å². The van der Waals surface area contributed by atoms with E-state index in [1.807, 2.05) is 4.90 Å². The minimum atomic E-state index is -1.64. The molecular weight excluding hydrogens is 480 g/mol. The summed E-state index contributed by atoms with van der Waals surface area (Å²) < 4.78 is 50.3. The standard InChI is InChI=1S/C16H21F3N4O3.HI/c1-20-16(23-5-6-26-10(8-23)9-25-2)21-7-13(24)22-12-4-3-11(17)14(18)15(12)19;/h3-4,10H,5-9H2,1-2H3,(H,20,21)(H,22,24);1H. The van der Waals surface area contributed by atoms with Gasteiger partial charge in [-0.25, -0.2) is 13.2 Å². The Balaban J connectivity index is 0.00000364. The predicted molar refractivity (Wildman–Crippen MR) is 105 cm³/mol. The van der Waals surface area contributed by atoms with Crippen molar-refractivity contribution >= 4 is 41.5 Å². The van der Waals surface area contributed by atoms with Crippen LogP contribution in [0.4, 0.5) is 18.9 Å². The normalized spacial score (nSPS) is 17.3. The van der Waals surface area contributed by atoms with Crippen LogP contribution >= 0.6 is 24.0 Å². The fourth-order valence-electron chi connectivity index (χ4n) is 2.51. The average Bonchev–Trinajstić information content (AvgIpc) is 2.63. The molecule has 0 aromatic heterocycles. The number of anilines is 1. The molecule has 1 atom stereocenters. The van der Waals surface area contributed by atoms with Crippen molar-refractivity contribution in [2.45, 2.75) is 6.10 Å². The molecule has 1 unspecified atom stereocenters. The lowest BCUT2D eigenvalue weighted by Crippen LogP contribution is -2.52. The lowest BCUT2D eigenvalue weighted by molar-refractivity contribution is -0.115. The Morgan fingerprint density at radius 1 is 1.37 bits per heavy atom. The number of hydrogen-bond acceptors (Lipinski definition) is 4. The second kappa shape index (κ2) is 11.3. The lowest BCUT2D eigenvalue weighted by atomic mass is 10.2. The molecule has 1 saturated heterocycles. The number of carbonyl (C=O) groups is 1. The number of benzene rings is 1. The zero-order valence-electron chi connectivity index (χ0n) is 14.9. The number of guanidine groups is 1. The fourth-order valence-corrected chi connectivity index (χ4v) is 2.51. The molecule has 0 spiro atoms. The van der Waals surface area contributed by atoms with E-state index in [2.05, 4.69) is 15.6 Å². The van der Waals surface area contributed by atoms with Gasteiger partial charge >= 0.3 is 0 Å². The van der Waals surface area contributed by atoms with E-state index in [-0.39, 0.29) is 36.6 Å². The number of amides is 1. The number of aliphatic imine (C=N–C) groups is 1. The Hall–Kier alpha value is -1.60. The zero-order valence-corrected chi connectivity index (χ0v) is 17.3. The van der Waals surface area contributed by atoms with Crippen molar-refractivity contribution in [1.29, 1.82) is 0 Å². The molecule has 1 heterocycles. The van der Waals surface area contributed by atoms with Gasteiger partial charge in [-0.3, -0.25) is 9.79 Å². The molecular formula is C16H22F3IN4O3. The van der Waals surface area contributed by atoms with Gasteiger partial charge in [0.05, 0.1) is 31.5 Å². The second-order valence-corrected chi connectivity index (χ2v) is 5.57. The summed E-state index contributed by atoms with van der Waals surface area (Å²) in [7, 11) is 3.15. The van der Waals surface area contributed by atoms with Crippen molar-refractivity contribution in [2.75, 3.05) is 52.3 Å². The SMILES string of the molecule is CN=C(NCC(=O)Nc1ccc(F)c(F)c1F)N1CCOC(COC)C1.I. The van der Waals surface area contributed by atoms with Gasteiger partial charge < -0.3 is 25.0 Å². The molecule has 7 nitrogen and oxygen atoms in total. The van der Waals surface area contributed by atoms with E-state index in [4.69, 9.17) is 9.47 Å². The number of morpholine rings is 1. The van der Waals surface area contributed by atoms with Gasteiger partial charge in [0.2, 0.25) is 5.91 Å². The Morgan fingerprint density at radius 3 is 2.78 bits per heavy atom. The number of methoxy groups -OCH3 is 1. The van der Waals surface area contributed by atoms with Crippen LogP contribution in [0.25, 0.3) is 0 Å². The summed E-state index contributed by atoms with van der Waals surface area (Å²) in [6.45, 7) is 1.81. The molecule has 1 aliphatic heterocycles. The first-order valence-electron chi connectivity index (χ1n) is 7.95. The van der Waals surface area contributed by atoms with Crippen LogP contribution in [0.5, 0.6) is 0 Å². The van der Waals surface area contributed by atoms with Gasteiger partial charge in [-0.2, -0.15) is 0 Å². The van der Waals surface area contributed by atoms with Crippen LogP contribution in [-0.4, -0.2) is 69.9 Å². The zero-order chi connectivity index (χ0) is 19.1. The molecule has 152 valence electrons. The Kier molecular flexibility index (Phi) is 9.80. The van der Waals surface area contributed by atoms with E-state index < -0.39 is 29.0 Å². The van der Waals surface area contributed by atoms with Crippen LogP contribution in [-0.2, 0) is 14.3 Å². The van der Waals surface area contributed by atoms with Crippen LogP contribution in [0.15, 0.2) is 17.1 Å². The maximum Gasteiger partial charge on any atom is 0.243 e. The highest BCUT2D eigenvalue weighted by Gasteiger charge is 2.23. The molecule has 0 radical (unpaired) electrons. The summed E-state index contributed by atoms with van der Waals surface area (Å²) in [5.41, 5.74) is -0.433. The molecule has 1 aliphatic rings. The molecule has 1 aromatic carbocycles. The van der Waals surface area contributed by atoms with Gasteiger partial charge in [-0.05, 0) is 12.1 Å². The summed E-state index contributed by atoms with van der Waals surface area (Å²) in [6, 6.07) is 1.70. The first-order chi connectivity index (χ1) is 12.5. The number of hydrogen-bond donors (Lipinski definition) is 2. The van der Waals surface area contributed by atoms with Gasteiger partial charge in [0.15, 0.2) is 23.4 Å². The van der Waals surface area contributed by atoms with E-state index in [9.17, 15) is 18.0 Å². The number of carbonyl (C=O) groups excluding carboxylic acids is 1. The molecule has 0 bridgehead atoms. The Labute approximate surface area is 172 Å². The van der Waals surface area contributed by atoms with Crippen molar-refractivity contribution in [2.24, 2.45) is 4.99 Å². The minimum absolute atomic E-state index is 0. The lowest BCUT2D eigenvalue weighted by Gasteiger charge is -2.34. The molecule has 2 rings (SSSR count). The largest absolute Gasteiger partial charge is 0.382 e. The molecule has 1 fully saturated rings. The Bertz CT molecular complexity index is 677. The third-order valence-corrected chi connectivity index (χ3v) is 3.72. The van der Waals surface area contributed by atoms with Crippen LogP contribution < -0.4 is 10.6 Å². The van der Waals surface area contributed by atoms with E-state index in [0.717, 1.165) is 12.1 Å². The van der Waals surface area contributed by atoms with Gasteiger partial charge in [0, 0.05) is 27.2 Å². The number of halogens is 4. The van der Waals surface area contributed by atoms with Gasteiger partial charge in [0.25, 0.3) is 0 Å². The summed E-state index contributed by atoms with van der Waals surface area (Å²) in [5, 5.41) is 5.03. The van der Waals surface area contributed by atoms with E-state index in [1.165, 1.54) is 0 Å². The number of ether oxygens (including phenoxy) is 2. The minimum Gasteiger partial charge on any atom is -0.382 e. The second-order valence-electron chi connectivity index (χ2n) is 5.57. The van der Waals surface area contributed by atoms with Crippen molar-refractivity contribution in [1.82, 2.24) is 10.2 Å². The van der Waals surface area contributed by atoms with E-state index in [0.29, 0.717) is 32.3 Å². The summed E-state index contributed by atoms with van der Waals surface area (Å²) in [4.78, 5) is 18.0. The summed E-state index contributed by atoms with van der Waals surface area (Å²) >= 11 is 0. The quantitative estimate of drug-likeness (QED) is 0.277. The highest BCUT2D eigenvalue weighted by atomic mass is 127. The van der Waals surface area contributed by atoms with Gasteiger partial charge in [0.1, 0.15) is 0 Å². The third kappa shape index (κ3) is 6.50.